The van der Waals surface area contributed by atoms with Crippen LogP contribution in [0.1, 0.15) is 52.1 Å². The molecular formula is C15H16N2O4S. The van der Waals surface area contributed by atoms with Gasteiger partial charge >= 0.3 is 5.97 Å². The van der Waals surface area contributed by atoms with Gasteiger partial charge in [-0.25, -0.2) is 4.79 Å². The van der Waals surface area contributed by atoms with E-state index < -0.39 is 11.5 Å². The number of H-pyrrole nitrogens is 1. The van der Waals surface area contributed by atoms with Crippen molar-refractivity contribution in [1.82, 2.24) is 4.98 Å². The first-order valence-corrected chi connectivity index (χ1v) is 8.03. The maximum absolute atomic E-state index is 12.6. The van der Waals surface area contributed by atoms with Crippen LogP contribution in [0.3, 0.4) is 0 Å². The first kappa shape index (κ1) is 14.8. The minimum atomic E-state index is -1.31. The number of aromatic nitrogens is 1. The Kier molecular flexibility index (Phi) is 3.74. The molecule has 6 nitrogen and oxygen atoms in total. The highest BCUT2D eigenvalue weighted by molar-refractivity contribution is 7.21. The number of nitrogens with one attached hydrogen (secondary N) is 1. The number of anilines is 1. The molecule has 1 saturated carbocycles. The van der Waals surface area contributed by atoms with Crippen molar-refractivity contribution >= 4 is 39.0 Å². The topological polar surface area (TPSA) is 113 Å². The van der Waals surface area contributed by atoms with E-state index in [9.17, 15) is 14.4 Å². The van der Waals surface area contributed by atoms with E-state index in [-0.39, 0.29) is 23.0 Å². The van der Waals surface area contributed by atoms with Gasteiger partial charge in [0.15, 0.2) is 5.78 Å². The molecule has 7 heteroatoms. The molecule has 1 fully saturated rings. The second-order valence-electron chi connectivity index (χ2n) is 5.60. The molecule has 0 spiro atoms. The van der Waals surface area contributed by atoms with Gasteiger partial charge in [-0.15, -0.1) is 11.3 Å². The SMILES string of the molecule is Nc1c(C(=O)C2CCCCC2)sc2[nH]c(=O)c(C(=O)O)cc12. The average molecular weight is 320 g/mol. The van der Waals surface area contributed by atoms with Gasteiger partial charge in [0, 0.05) is 11.3 Å². The van der Waals surface area contributed by atoms with Crippen molar-refractivity contribution in [2.45, 2.75) is 32.1 Å². The molecule has 1 aliphatic carbocycles. The number of aromatic amines is 1. The summed E-state index contributed by atoms with van der Waals surface area (Å²) in [6, 6.07) is 1.25. The number of hydrogen-bond donors (Lipinski definition) is 3. The van der Waals surface area contributed by atoms with Crippen LogP contribution >= 0.6 is 11.3 Å². The van der Waals surface area contributed by atoms with Crippen LogP contribution < -0.4 is 11.3 Å². The van der Waals surface area contributed by atoms with Crippen molar-refractivity contribution in [1.29, 1.82) is 0 Å². The molecule has 2 aromatic heterocycles. The molecular weight excluding hydrogens is 304 g/mol. The molecule has 0 aliphatic heterocycles. The van der Waals surface area contributed by atoms with Crippen LogP contribution in [0.15, 0.2) is 10.9 Å². The lowest BCUT2D eigenvalue weighted by molar-refractivity contribution is 0.0695. The second-order valence-corrected chi connectivity index (χ2v) is 6.62. The lowest BCUT2D eigenvalue weighted by Crippen LogP contribution is -2.17. The Morgan fingerprint density at radius 1 is 1.27 bits per heavy atom. The number of carboxylic acid groups (broad SMARTS) is 1. The number of carbonyl (C=O) groups is 2. The summed E-state index contributed by atoms with van der Waals surface area (Å²) >= 11 is 1.14. The second kappa shape index (κ2) is 5.57. The number of carboxylic acids is 1. The highest BCUT2D eigenvalue weighted by Gasteiger charge is 2.27. The summed E-state index contributed by atoms with van der Waals surface area (Å²) in [5.41, 5.74) is 5.26. The van der Waals surface area contributed by atoms with E-state index in [1.54, 1.807) is 0 Å². The Morgan fingerprint density at radius 2 is 1.95 bits per heavy atom. The predicted molar refractivity (Wildman–Crippen MR) is 84.7 cm³/mol. The van der Waals surface area contributed by atoms with Gasteiger partial charge in [-0.2, -0.15) is 0 Å². The fraction of sp³-hybridized carbons (Fsp3) is 0.400. The smallest absolute Gasteiger partial charge is 0.341 e. The fourth-order valence-electron chi connectivity index (χ4n) is 2.97. The molecule has 0 atom stereocenters. The van der Waals surface area contributed by atoms with Crippen molar-refractivity contribution in [3.63, 3.8) is 0 Å². The summed E-state index contributed by atoms with van der Waals surface area (Å²) < 4.78 is 0. The third-order valence-electron chi connectivity index (χ3n) is 4.17. The number of pyridine rings is 1. The van der Waals surface area contributed by atoms with Gasteiger partial charge in [0.05, 0.1) is 10.6 Å². The van der Waals surface area contributed by atoms with Gasteiger partial charge < -0.3 is 15.8 Å². The monoisotopic (exact) mass is 320 g/mol. The minimum absolute atomic E-state index is 0.0103. The van der Waals surface area contributed by atoms with Crippen LogP contribution in [0.25, 0.3) is 10.2 Å². The van der Waals surface area contributed by atoms with E-state index in [0.717, 1.165) is 43.4 Å². The molecule has 22 heavy (non-hydrogen) atoms. The number of hydrogen-bond acceptors (Lipinski definition) is 5. The predicted octanol–water partition coefficient (Wildman–Crippen LogP) is 2.63. The van der Waals surface area contributed by atoms with E-state index in [2.05, 4.69) is 4.98 Å². The summed E-state index contributed by atoms with van der Waals surface area (Å²) in [5, 5.41) is 9.44. The molecule has 0 aromatic carbocycles. The standard InChI is InChI=1S/C15H16N2O4S/c16-10-8-6-9(15(20)21)13(19)17-14(8)22-12(10)11(18)7-4-2-1-3-5-7/h6-7H,1-5,16H2,(H,17,19)(H,20,21). The van der Waals surface area contributed by atoms with Gasteiger partial charge in [-0.3, -0.25) is 9.59 Å². The van der Waals surface area contributed by atoms with E-state index in [1.165, 1.54) is 6.07 Å². The molecule has 4 N–H and O–H groups in total. The van der Waals surface area contributed by atoms with E-state index >= 15 is 0 Å². The summed E-state index contributed by atoms with van der Waals surface area (Å²) in [4.78, 5) is 38.8. The van der Waals surface area contributed by atoms with Crippen molar-refractivity contribution in [3.05, 3.63) is 26.9 Å². The molecule has 0 unspecified atom stereocenters. The number of ketones is 1. The summed E-state index contributed by atoms with van der Waals surface area (Å²) in [5.74, 6) is -1.32. The summed E-state index contributed by atoms with van der Waals surface area (Å²) in [6.45, 7) is 0. The molecule has 2 heterocycles. The normalized spacial score (nSPS) is 16.0. The van der Waals surface area contributed by atoms with Gasteiger partial charge in [-0.1, -0.05) is 19.3 Å². The van der Waals surface area contributed by atoms with Crippen molar-refractivity contribution in [2.24, 2.45) is 5.92 Å². The molecule has 3 rings (SSSR count). The lowest BCUT2D eigenvalue weighted by Gasteiger charge is -2.19. The molecule has 1 aliphatic rings. The highest BCUT2D eigenvalue weighted by atomic mass is 32.1. The van der Waals surface area contributed by atoms with Crippen molar-refractivity contribution in [2.75, 3.05) is 5.73 Å². The molecule has 0 bridgehead atoms. The molecule has 116 valence electrons. The number of thiophene rings is 1. The van der Waals surface area contributed by atoms with Crippen LogP contribution in [-0.4, -0.2) is 21.8 Å². The van der Waals surface area contributed by atoms with Crippen molar-refractivity contribution < 1.29 is 14.7 Å². The third-order valence-corrected chi connectivity index (χ3v) is 5.33. The number of fused-ring (bicyclic) bond motifs is 1. The third kappa shape index (κ3) is 2.41. The number of rotatable bonds is 3. The maximum atomic E-state index is 12.6. The Balaban J connectivity index is 2.07. The highest BCUT2D eigenvalue weighted by Crippen LogP contribution is 2.36. The molecule has 0 saturated heterocycles. The van der Waals surface area contributed by atoms with Crippen LogP contribution in [0.5, 0.6) is 0 Å². The number of aromatic carboxylic acids is 1. The minimum Gasteiger partial charge on any atom is -0.477 e. The van der Waals surface area contributed by atoms with E-state index in [0.29, 0.717) is 15.1 Å². The quantitative estimate of drug-likeness (QED) is 0.752. The van der Waals surface area contributed by atoms with Gasteiger partial charge in [0.2, 0.25) is 0 Å². The first-order valence-electron chi connectivity index (χ1n) is 7.22. The van der Waals surface area contributed by atoms with Crippen LogP contribution in [0.2, 0.25) is 0 Å². The number of nitrogen functional groups attached to an aromatic ring is 1. The Labute approximate surface area is 130 Å². The zero-order valence-electron chi connectivity index (χ0n) is 11.8. The molecule has 0 amide bonds. The first-order chi connectivity index (χ1) is 10.5. The number of Topliss-reactive ketones (excluding diaryl/α,β-unsaturated/α-hetero) is 1. The largest absolute Gasteiger partial charge is 0.477 e. The maximum Gasteiger partial charge on any atom is 0.341 e. The zero-order chi connectivity index (χ0) is 15.9. The van der Waals surface area contributed by atoms with Gasteiger partial charge in [0.1, 0.15) is 10.4 Å². The Bertz CT molecular complexity index is 815. The summed E-state index contributed by atoms with van der Waals surface area (Å²) in [6.07, 6.45) is 4.97. The number of carbonyl (C=O) groups excluding carboxylic acids is 1. The van der Waals surface area contributed by atoms with Crippen LogP contribution in [0.4, 0.5) is 5.69 Å². The van der Waals surface area contributed by atoms with Crippen LogP contribution in [-0.2, 0) is 0 Å². The molecule has 2 aromatic rings. The zero-order valence-corrected chi connectivity index (χ0v) is 12.7. The molecule has 0 radical (unpaired) electrons. The van der Waals surface area contributed by atoms with Crippen LogP contribution in [0, 0.1) is 5.92 Å². The Morgan fingerprint density at radius 3 is 2.59 bits per heavy atom. The van der Waals surface area contributed by atoms with E-state index in [1.807, 2.05) is 0 Å². The van der Waals surface area contributed by atoms with Crippen molar-refractivity contribution in [3.8, 4) is 0 Å². The van der Waals surface area contributed by atoms with E-state index in [4.69, 9.17) is 10.8 Å². The lowest BCUT2D eigenvalue weighted by atomic mass is 9.85. The Hall–Kier alpha value is -2.15. The summed E-state index contributed by atoms with van der Waals surface area (Å²) in [7, 11) is 0. The van der Waals surface area contributed by atoms with Gasteiger partial charge in [0.25, 0.3) is 5.56 Å². The fourth-order valence-corrected chi connectivity index (χ4v) is 4.08. The van der Waals surface area contributed by atoms with Gasteiger partial charge in [-0.05, 0) is 18.9 Å². The average Bonchev–Trinajstić information content (AvgIpc) is 2.82. The number of nitrogens with two attached hydrogens (primary N) is 1.